The molecule has 0 aliphatic heterocycles. The molecular weight excluding hydrogens is 258 g/mol. The van der Waals surface area contributed by atoms with Crippen molar-refractivity contribution in [2.75, 3.05) is 12.0 Å². The highest BCUT2D eigenvalue weighted by Gasteiger charge is 2.19. The van der Waals surface area contributed by atoms with Gasteiger partial charge in [-0.05, 0) is 37.3 Å². The van der Waals surface area contributed by atoms with Crippen LogP contribution in [0.3, 0.4) is 0 Å². The second-order valence-corrected chi connectivity index (χ2v) is 6.25. The number of carbonyl (C=O) groups is 1. The van der Waals surface area contributed by atoms with Crippen LogP contribution in [0.25, 0.3) is 0 Å². The van der Waals surface area contributed by atoms with Gasteiger partial charge in [0.15, 0.2) is 0 Å². The summed E-state index contributed by atoms with van der Waals surface area (Å²) in [7, 11) is -3.75. The quantitative estimate of drug-likeness (QED) is 0.902. The minimum Gasteiger partial charge on any atom is -0.273 e. The number of sulfonamides is 1. The van der Waals surface area contributed by atoms with Gasteiger partial charge in [0.25, 0.3) is 10.0 Å². The van der Waals surface area contributed by atoms with Crippen LogP contribution < -0.4 is 4.72 Å². The second kappa shape index (κ2) is 5.55. The highest BCUT2D eigenvalue weighted by atomic mass is 32.2. The Kier molecular flexibility index (Phi) is 4.59. The Morgan fingerprint density at radius 1 is 1.35 bits per heavy atom. The number of rotatable bonds is 4. The minimum absolute atomic E-state index is 0.129. The summed E-state index contributed by atoms with van der Waals surface area (Å²) in [5, 5.41) is 0. The molecule has 0 bridgehead atoms. The standard InChI is InChI=1S/C11H15NO3S2/c1-8-4-5-9(2)10(6-8)17(14,15)12-11(13)7-16-3/h4-6H,7H2,1-3H3,(H,12,13). The molecule has 17 heavy (non-hydrogen) atoms. The fourth-order valence-corrected chi connectivity index (χ4v) is 3.10. The maximum atomic E-state index is 11.9. The minimum atomic E-state index is -3.75. The van der Waals surface area contributed by atoms with Gasteiger partial charge in [-0.15, -0.1) is 0 Å². The first kappa shape index (κ1) is 14.1. The number of hydrogen-bond acceptors (Lipinski definition) is 4. The molecule has 0 unspecified atom stereocenters. The Bertz CT molecular complexity index is 524. The first-order valence-electron chi connectivity index (χ1n) is 4.98. The van der Waals surface area contributed by atoms with E-state index < -0.39 is 15.9 Å². The summed E-state index contributed by atoms with van der Waals surface area (Å²) in [4.78, 5) is 11.5. The molecule has 4 nitrogen and oxygen atoms in total. The molecule has 0 aliphatic carbocycles. The van der Waals surface area contributed by atoms with Gasteiger partial charge in [0, 0.05) is 0 Å². The van der Waals surface area contributed by atoms with E-state index in [4.69, 9.17) is 0 Å². The topological polar surface area (TPSA) is 63.2 Å². The van der Waals surface area contributed by atoms with Crippen molar-refractivity contribution in [2.45, 2.75) is 18.7 Å². The average Bonchev–Trinajstić information content (AvgIpc) is 2.21. The summed E-state index contributed by atoms with van der Waals surface area (Å²) in [6, 6.07) is 5.12. The molecule has 0 aromatic heterocycles. The van der Waals surface area contributed by atoms with Crippen molar-refractivity contribution >= 4 is 27.7 Å². The van der Waals surface area contributed by atoms with Gasteiger partial charge in [0.05, 0.1) is 10.6 Å². The fraction of sp³-hybridized carbons (Fsp3) is 0.364. The van der Waals surface area contributed by atoms with E-state index in [1.165, 1.54) is 11.8 Å². The zero-order valence-corrected chi connectivity index (χ0v) is 11.6. The molecule has 0 spiro atoms. The molecule has 0 atom stereocenters. The van der Waals surface area contributed by atoms with Crippen molar-refractivity contribution in [1.82, 2.24) is 4.72 Å². The number of hydrogen-bond donors (Lipinski definition) is 1. The molecule has 1 N–H and O–H groups in total. The molecule has 0 fully saturated rings. The van der Waals surface area contributed by atoms with E-state index in [0.717, 1.165) is 5.56 Å². The van der Waals surface area contributed by atoms with Crippen LogP contribution in [0.4, 0.5) is 0 Å². The van der Waals surface area contributed by atoms with E-state index in [2.05, 4.69) is 4.72 Å². The Labute approximate surface area is 106 Å². The van der Waals surface area contributed by atoms with E-state index in [0.29, 0.717) is 5.56 Å². The third-order valence-electron chi connectivity index (χ3n) is 2.16. The van der Waals surface area contributed by atoms with Gasteiger partial charge in [-0.1, -0.05) is 12.1 Å². The highest BCUT2D eigenvalue weighted by Crippen LogP contribution is 2.16. The Morgan fingerprint density at radius 3 is 2.59 bits per heavy atom. The van der Waals surface area contributed by atoms with Gasteiger partial charge in [0.1, 0.15) is 0 Å². The van der Waals surface area contributed by atoms with Crippen LogP contribution in [0.2, 0.25) is 0 Å². The monoisotopic (exact) mass is 273 g/mol. The van der Waals surface area contributed by atoms with Crippen molar-refractivity contribution in [3.05, 3.63) is 29.3 Å². The molecule has 0 saturated heterocycles. The smallest absolute Gasteiger partial charge is 0.264 e. The van der Waals surface area contributed by atoms with Gasteiger partial charge in [-0.3, -0.25) is 4.79 Å². The first-order valence-corrected chi connectivity index (χ1v) is 7.86. The lowest BCUT2D eigenvalue weighted by molar-refractivity contribution is -0.116. The number of nitrogens with one attached hydrogen (secondary N) is 1. The summed E-state index contributed by atoms with van der Waals surface area (Å²) >= 11 is 1.28. The Hall–Kier alpha value is -1.01. The molecule has 0 radical (unpaired) electrons. The third-order valence-corrected chi connectivity index (χ3v) is 4.22. The van der Waals surface area contributed by atoms with Crippen LogP contribution in [0, 0.1) is 13.8 Å². The number of aryl methyl sites for hydroxylation is 2. The van der Waals surface area contributed by atoms with Gasteiger partial charge in [-0.25, -0.2) is 13.1 Å². The van der Waals surface area contributed by atoms with E-state index in [1.54, 1.807) is 25.3 Å². The van der Waals surface area contributed by atoms with Crippen LogP contribution in [0.15, 0.2) is 23.1 Å². The summed E-state index contributed by atoms with van der Waals surface area (Å²) < 4.78 is 26.0. The highest BCUT2D eigenvalue weighted by molar-refractivity contribution is 7.99. The van der Waals surface area contributed by atoms with Crippen LogP contribution in [-0.2, 0) is 14.8 Å². The van der Waals surface area contributed by atoms with E-state index >= 15 is 0 Å². The number of carbonyl (C=O) groups excluding carboxylic acids is 1. The van der Waals surface area contributed by atoms with Crippen molar-refractivity contribution in [3.63, 3.8) is 0 Å². The normalized spacial score (nSPS) is 11.2. The summed E-state index contributed by atoms with van der Waals surface area (Å²) in [5.74, 6) is -0.372. The van der Waals surface area contributed by atoms with Gasteiger partial charge < -0.3 is 0 Å². The van der Waals surface area contributed by atoms with Crippen LogP contribution in [0.5, 0.6) is 0 Å². The number of amides is 1. The Balaban J connectivity index is 3.05. The third kappa shape index (κ3) is 3.74. The second-order valence-electron chi connectivity index (χ2n) is 3.73. The molecule has 0 saturated carbocycles. The summed E-state index contributed by atoms with van der Waals surface area (Å²) in [6.45, 7) is 3.51. The SMILES string of the molecule is CSCC(=O)NS(=O)(=O)c1cc(C)ccc1C. The zero-order valence-electron chi connectivity index (χ0n) is 9.98. The van der Waals surface area contributed by atoms with E-state index in [1.807, 2.05) is 13.0 Å². The predicted molar refractivity (Wildman–Crippen MR) is 69.6 cm³/mol. The molecular formula is C11H15NO3S2. The molecule has 1 aromatic carbocycles. The molecule has 94 valence electrons. The van der Waals surface area contributed by atoms with Crippen molar-refractivity contribution in [3.8, 4) is 0 Å². The number of benzene rings is 1. The average molecular weight is 273 g/mol. The summed E-state index contributed by atoms with van der Waals surface area (Å²) in [5.41, 5.74) is 1.47. The molecule has 6 heteroatoms. The molecule has 0 aliphatic rings. The summed E-state index contributed by atoms with van der Waals surface area (Å²) in [6.07, 6.45) is 1.74. The fourth-order valence-electron chi connectivity index (χ4n) is 1.36. The van der Waals surface area contributed by atoms with E-state index in [9.17, 15) is 13.2 Å². The van der Waals surface area contributed by atoms with Gasteiger partial charge in [-0.2, -0.15) is 11.8 Å². The van der Waals surface area contributed by atoms with Gasteiger partial charge in [0.2, 0.25) is 5.91 Å². The van der Waals surface area contributed by atoms with Crippen LogP contribution >= 0.6 is 11.8 Å². The van der Waals surface area contributed by atoms with Crippen LogP contribution in [0.1, 0.15) is 11.1 Å². The molecule has 1 aromatic rings. The molecule has 1 amide bonds. The predicted octanol–water partition coefficient (Wildman–Crippen LogP) is 1.47. The van der Waals surface area contributed by atoms with Gasteiger partial charge >= 0.3 is 0 Å². The van der Waals surface area contributed by atoms with Crippen LogP contribution in [-0.4, -0.2) is 26.3 Å². The van der Waals surface area contributed by atoms with Crippen molar-refractivity contribution in [2.24, 2.45) is 0 Å². The number of thioether (sulfide) groups is 1. The first-order chi connectivity index (χ1) is 7.86. The lowest BCUT2D eigenvalue weighted by Crippen LogP contribution is -2.32. The molecule has 1 rings (SSSR count). The Morgan fingerprint density at radius 2 is 2.00 bits per heavy atom. The maximum absolute atomic E-state index is 11.9. The van der Waals surface area contributed by atoms with E-state index in [-0.39, 0.29) is 10.6 Å². The van der Waals surface area contributed by atoms with Crippen molar-refractivity contribution < 1.29 is 13.2 Å². The lowest BCUT2D eigenvalue weighted by Gasteiger charge is -2.09. The largest absolute Gasteiger partial charge is 0.273 e. The molecule has 0 heterocycles. The maximum Gasteiger partial charge on any atom is 0.264 e. The lowest BCUT2D eigenvalue weighted by atomic mass is 10.2. The zero-order chi connectivity index (χ0) is 13.1. The van der Waals surface area contributed by atoms with Crippen molar-refractivity contribution in [1.29, 1.82) is 0 Å².